The summed E-state index contributed by atoms with van der Waals surface area (Å²) in [5.41, 5.74) is 2.18. The summed E-state index contributed by atoms with van der Waals surface area (Å²) in [6, 6.07) is 5.52. The van der Waals surface area contributed by atoms with E-state index in [2.05, 4.69) is 0 Å². The lowest BCUT2D eigenvalue weighted by atomic mass is 10.1. The van der Waals surface area contributed by atoms with Gasteiger partial charge in [0.25, 0.3) is 5.91 Å². The molecule has 0 aliphatic heterocycles. The highest BCUT2D eigenvalue weighted by Gasteiger charge is 2.26. The van der Waals surface area contributed by atoms with Crippen LogP contribution in [0.3, 0.4) is 0 Å². The quantitative estimate of drug-likeness (QED) is 0.793. The van der Waals surface area contributed by atoms with Gasteiger partial charge in [0, 0.05) is 0 Å². The van der Waals surface area contributed by atoms with Crippen LogP contribution < -0.4 is 4.90 Å². The molecule has 0 saturated heterocycles. The highest BCUT2D eigenvalue weighted by molar-refractivity contribution is 6.32. The van der Waals surface area contributed by atoms with Crippen LogP contribution in [0.2, 0.25) is 0 Å². The predicted octanol–water partition coefficient (Wildman–Crippen LogP) is 3.03. The number of hydrogen-bond donors (Lipinski definition) is 0. The zero-order valence-electron chi connectivity index (χ0n) is 10.7. The molecular formula is C13H16ClNO3. The number of aryl methyl sites for hydroxylation is 2. The Balaban J connectivity index is 3.26. The molecule has 0 N–H and O–H groups in total. The molecule has 0 bridgehead atoms. The Kier molecular flexibility index (Phi) is 5.16. The second-order valence-corrected chi connectivity index (χ2v) is 4.07. The molecule has 0 aliphatic rings. The van der Waals surface area contributed by atoms with Crippen molar-refractivity contribution in [2.45, 2.75) is 20.8 Å². The van der Waals surface area contributed by atoms with Crippen molar-refractivity contribution in [3.63, 3.8) is 0 Å². The number of rotatable bonds is 3. The molecule has 18 heavy (non-hydrogen) atoms. The summed E-state index contributed by atoms with van der Waals surface area (Å²) in [5, 5.41) is 0. The van der Waals surface area contributed by atoms with Gasteiger partial charge in [0.2, 0.25) is 0 Å². The summed E-state index contributed by atoms with van der Waals surface area (Å²) in [6.45, 7) is 5.55. The number of ether oxygens (including phenoxy) is 1. The van der Waals surface area contributed by atoms with Crippen LogP contribution >= 0.6 is 11.6 Å². The van der Waals surface area contributed by atoms with Crippen molar-refractivity contribution >= 4 is 29.3 Å². The summed E-state index contributed by atoms with van der Waals surface area (Å²) in [5.74, 6) is -0.764. The number of hydrogen-bond acceptors (Lipinski definition) is 3. The number of alkyl halides is 1. The molecule has 0 aliphatic carbocycles. The van der Waals surface area contributed by atoms with Crippen LogP contribution in [0.25, 0.3) is 0 Å². The van der Waals surface area contributed by atoms with Crippen molar-refractivity contribution in [1.29, 1.82) is 0 Å². The Morgan fingerprint density at radius 2 is 1.83 bits per heavy atom. The molecule has 0 saturated carbocycles. The highest BCUT2D eigenvalue weighted by atomic mass is 35.5. The highest BCUT2D eigenvalue weighted by Crippen LogP contribution is 2.25. The molecular weight excluding hydrogens is 254 g/mol. The molecule has 0 spiro atoms. The van der Waals surface area contributed by atoms with Gasteiger partial charge in [-0.2, -0.15) is 0 Å². The first kappa shape index (κ1) is 14.5. The van der Waals surface area contributed by atoms with Crippen LogP contribution in [0.5, 0.6) is 0 Å². The van der Waals surface area contributed by atoms with E-state index in [0.29, 0.717) is 5.69 Å². The second kappa shape index (κ2) is 6.40. The number of anilines is 1. The molecule has 2 amide bonds. The van der Waals surface area contributed by atoms with Crippen molar-refractivity contribution in [2.24, 2.45) is 0 Å². The third-order valence-corrected chi connectivity index (χ3v) is 2.71. The monoisotopic (exact) mass is 269 g/mol. The predicted molar refractivity (Wildman–Crippen MR) is 71.1 cm³/mol. The topological polar surface area (TPSA) is 46.6 Å². The first-order valence-electron chi connectivity index (χ1n) is 5.64. The van der Waals surface area contributed by atoms with Crippen LogP contribution in [0.15, 0.2) is 18.2 Å². The number of carbonyl (C=O) groups excluding carboxylic acids is 2. The molecule has 0 atom stereocenters. The molecule has 1 aromatic rings. The minimum absolute atomic E-state index is 0.204. The van der Waals surface area contributed by atoms with E-state index in [1.54, 1.807) is 6.92 Å². The van der Waals surface area contributed by atoms with Crippen molar-refractivity contribution in [3.05, 3.63) is 29.3 Å². The van der Waals surface area contributed by atoms with Crippen LogP contribution in [0.1, 0.15) is 18.1 Å². The number of benzene rings is 1. The normalized spacial score (nSPS) is 10.0. The fourth-order valence-corrected chi connectivity index (χ4v) is 1.84. The number of halogens is 1. The van der Waals surface area contributed by atoms with Gasteiger partial charge in [0.05, 0.1) is 12.3 Å². The second-order valence-electron chi connectivity index (χ2n) is 3.80. The first-order valence-corrected chi connectivity index (χ1v) is 6.18. The molecule has 1 rings (SSSR count). The number of nitrogens with zero attached hydrogens (tertiary/aromatic N) is 1. The first-order chi connectivity index (χ1) is 8.52. The molecule has 98 valence electrons. The molecule has 0 radical (unpaired) electrons. The Labute approximate surface area is 111 Å². The fraction of sp³-hybridized carbons (Fsp3) is 0.385. The summed E-state index contributed by atoms with van der Waals surface area (Å²) >= 11 is 5.55. The van der Waals surface area contributed by atoms with Gasteiger partial charge in [-0.15, -0.1) is 11.6 Å². The van der Waals surface area contributed by atoms with Gasteiger partial charge in [-0.25, -0.2) is 9.69 Å². The Morgan fingerprint density at radius 3 is 2.28 bits per heavy atom. The Bertz CT molecular complexity index is 439. The van der Waals surface area contributed by atoms with E-state index >= 15 is 0 Å². The minimum atomic E-state index is -0.694. The van der Waals surface area contributed by atoms with E-state index in [4.69, 9.17) is 16.3 Å². The number of amides is 2. The van der Waals surface area contributed by atoms with Crippen molar-refractivity contribution < 1.29 is 14.3 Å². The molecule has 1 aromatic carbocycles. The average Bonchev–Trinajstić information content (AvgIpc) is 2.33. The van der Waals surface area contributed by atoms with E-state index in [0.717, 1.165) is 16.0 Å². The molecule has 0 fully saturated rings. The van der Waals surface area contributed by atoms with Gasteiger partial charge < -0.3 is 4.74 Å². The maximum atomic E-state index is 11.9. The standard InChI is InChI=1S/C13H16ClNO3/c1-4-18-13(17)15(11(16)8-14)12-9(2)6-5-7-10(12)3/h5-7H,4,8H2,1-3H3. The van der Waals surface area contributed by atoms with Gasteiger partial charge in [0.1, 0.15) is 5.88 Å². The van der Waals surface area contributed by atoms with E-state index in [1.165, 1.54) is 0 Å². The van der Waals surface area contributed by atoms with E-state index in [-0.39, 0.29) is 12.5 Å². The number of imide groups is 1. The molecule has 0 aromatic heterocycles. The summed E-state index contributed by atoms with van der Waals surface area (Å²) in [7, 11) is 0. The van der Waals surface area contributed by atoms with Crippen LogP contribution in [0, 0.1) is 13.8 Å². The maximum absolute atomic E-state index is 11.9. The van der Waals surface area contributed by atoms with Crippen molar-refractivity contribution in [3.8, 4) is 0 Å². The van der Waals surface area contributed by atoms with Crippen LogP contribution in [-0.2, 0) is 9.53 Å². The molecule has 0 heterocycles. The SMILES string of the molecule is CCOC(=O)N(C(=O)CCl)c1c(C)cccc1C. The summed E-state index contributed by atoms with van der Waals surface area (Å²) in [4.78, 5) is 24.7. The third kappa shape index (κ3) is 3.01. The molecule has 4 nitrogen and oxygen atoms in total. The molecule has 5 heteroatoms. The maximum Gasteiger partial charge on any atom is 0.421 e. The number of carbonyl (C=O) groups is 2. The Morgan fingerprint density at radius 1 is 1.28 bits per heavy atom. The van der Waals surface area contributed by atoms with Gasteiger partial charge in [-0.1, -0.05) is 18.2 Å². The fourth-order valence-electron chi connectivity index (χ4n) is 1.72. The third-order valence-electron chi connectivity index (χ3n) is 2.48. The number of para-hydroxylation sites is 1. The van der Waals surface area contributed by atoms with Crippen molar-refractivity contribution in [1.82, 2.24) is 0 Å². The minimum Gasteiger partial charge on any atom is -0.449 e. The summed E-state index contributed by atoms with van der Waals surface area (Å²) in [6.07, 6.45) is -0.694. The smallest absolute Gasteiger partial charge is 0.421 e. The van der Waals surface area contributed by atoms with Crippen LogP contribution in [0.4, 0.5) is 10.5 Å². The van der Waals surface area contributed by atoms with E-state index < -0.39 is 12.0 Å². The van der Waals surface area contributed by atoms with Gasteiger partial charge >= 0.3 is 6.09 Å². The van der Waals surface area contributed by atoms with Gasteiger partial charge in [-0.3, -0.25) is 4.79 Å². The van der Waals surface area contributed by atoms with E-state index in [1.807, 2.05) is 32.0 Å². The molecule has 0 unspecified atom stereocenters. The van der Waals surface area contributed by atoms with Gasteiger partial charge in [0.15, 0.2) is 0 Å². The Hall–Kier alpha value is -1.55. The lowest BCUT2D eigenvalue weighted by Gasteiger charge is -2.22. The largest absolute Gasteiger partial charge is 0.449 e. The lowest BCUT2D eigenvalue weighted by molar-refractivity contribution is -0.115. The van der Waals surface area contributed by atoms with Crippen LogP contribution in [-0.4, -0.2) is 24.5 Å². The zero-order chi connectivity index (χ0) is 13.7. The van der Waals surface area contributed by atoms with Gasteiger partial charge in [-0.05, 0) is 31.9 Å². The average molecular weight is 270 g/mol. The zero-order valence-corrected chi connectivity index (χ0v) is 11.5. The lowest BCUT2D eigenvalue weighted by Crippen LogP contribution is -2.39. The van der Waals surface area contributed by atoms with Crippen molar-refractivity contribution in [2.75, 3.05) is 17.4 Å². The summed E-state index contributed by atoms with van der Waals surface area (Å²) < 4.78 is 4.90. The van der Waals surface area contributed by atoms with E-state index in [9.17, 15) is 9.59 Å².